The van der Waals surface area contributed by atoms with Crippen LogP contribution in [-0.4, -0.2) is 5.78 Å². The van der Waals surface area contributed by atoms with Crippen LogP contribution in [0.4, 0.5) is 0 Å². The summed E-state index contributed by atoms with van der Waals surface area (Å²) >= 11 is 0. The van der Waals surface area contributed by atoms with Crippen molar-refractivity contribution in [3.8, 4) is 0 Å². The fourth-order valence-electron chi connectivity index (χ4n) is 1.74. The van der Waals surface area contributed by atoms with Crippen molar-refractivity contribution >= 4 is 5.78 Å². The van der Waals surface area contributed by atoms with Crippen LogP contribution >= 0.6 is 0 Å². The monoisotopic (exact) mass is 178 g/mol. The molecule has 1 fully saturated rings. The minimum atomic E-state index is 0.119. The molecule has 1 saturated carbocycles. The molecule has 13 heavy (non-hydrogen) atoms. The van der Waals surface area contributed by atoms with Crippen molar-refractivity contribution < 1.29 is 4.79 Å². The van der Waals surface area contributed by atoms with Crippen LogP contribution in [0.2, 0.25) is 0 Å². The van der Waals surface area contributed by atoms with Crippen LogP contribution < -0.4 is 0 Å². The molecular weight excluding hydrogens is 160 g/mol. The van der Waals surface area contributed by atoms with E-state index in [1.807, 2.05) is 12.2 Å². The Morgan fingerprint density at radius 1 is 1.15 bits per heavy atom. The fourth-order valence-corrected chi connectivity index (χ4v) is 1.74. The maximum Gasteiger partial charge on any atom is 0.152 e. The Balaban J connectivity index is 2.25. The Hall–Kier alpha value is -0.850. The second-order valence-electron chi connectivity index (χ2n) is 3.75. The lowest BCUT2D eigenvalue weighted by Crippen LogP contribution is -2.02. The van der Waals surface area contributed by atoms with Crippen molar-refractivity contribution in [1.82, 2.24) is 0 Å². The summed E-state index contributed by atoms with van der Waals surface area (Å²) in [7, 11) is 0. The van der Waals surface area contributed by atoms with Crippen molar-refractivity contribution in [3.63, 3.8) is 0 Å². The molecule has 0 aromatic heterocycles. The third-order valence-electron chi connectivity index (χ3n) is 2.48. The average molecular weight is 178 g/mol. The second kappa shape index (κ2) is 5.74. The lowest BCUT2D eigenvalue weighted by atomic mass is 9.89. The van der Waals surface area contributed by atoms with Gasteiger partial charge in [0.15, 0.2) is 5.78 Å². The number of allylic oxidation sites excluding steroid dienone is 4. The molecule has 0 unspecified atom stereocenters. The van der Waals surface area contributed by atoms with Crippen molar-refractivity contribution in [2.75, 3.05) is 0 Å². The van der Waals surface area contributed by atoms with Gasteiger partial charge < -0.3 is 0 Å². The van der Waals surface area contributed by atoms with Crippen molar-refractivity contribution in [2.24, 2.45) is 5.92 Å². The molecule has 0 spiro atoms. The minimum absolute atomic E-state index is 0.119. The Kier molecular flexibility index (Phi) is 4.52. The van der Waals surface area contributed by atoms with Gasteiger partial charge in [-0.1, -0.05) is 37.5 Å². The fraction of sp³-hybridized carbons (Fsp3) is 0.583. The summed E-state index contributed by atoms with van der Waals surface area (Å²) in [6.07, 6.45) is 14.5. The van der Waals surface area contributed by atoms with E-state index in [-0.39, 0.29) is 5.78 Å². The van der Waals surface area contributed by atoms with Crippen LogP contribution in [0.1, 0.15) is 39.0 Å². The van der Waals surface area contributed by atoms with Gasteiger partial charge in [0.2, 0.25) is 0 Å². The highest BCUT2D eigenvalue weighted by atomic mass is 16.1. The summed E-state index contributed by atoms with van der Waals surface area (Å²) in [6.45, 7) is 1.57. The van der Waals surface area contributed by atoms with Crippen molar-refractivity contribution in [2.45, 2.75) is 39.0 Å². The zero-order valence-corrected chi connectivity index (χ0v) is 8.33. The Morgan fingerprint density at radius 3 is 2.46 bits per heavy atom. The van der Waals surface area contributed by atoms with Gasteiger partial charge >= 0.3 is 0 Å². The Labute approximate surface area is 80.5 Å². The Morgan fingerprint density at radius 2 is 1.85 bits per heavy atom. The summed E-state index contributed by atoms with van der Waals surface area (Å²) in [5.41, 5.74) is 0. The highest BCUT2D eigenvalue weighted by Gasteiger charge is 2.08. The molecule has 1 nitrogen and oxygen atoms in total. The van der Waals surface area contributed by atoms with E-state index < -0.39 is 0 Å². The van der Waals surface area contributed by atoms with Gasteiger partial charge in [0, 0.05) is 0 Å². The topological polar surface area (TPSA) is 17.1 Å². The second-order valence-corrected chi connectivity index (χ2v) is 3.75. The molecule has 1 heteroatoms. The van der Waals surface area contributed by atoms with E-state index in [0.29, 0.717) is 0 Å². The molecule has 0 amide bonds. The molecule has 0 aromatic rings. The van der Waals surface area contributed by atoms with Gasteiger partial charge in [-0.3, -0.25) is 4.79 Å². The maximum absolute atomic E-state index is 10.6. The predicted octanol–water partition coefficient (Wildman–Crippen LogP) is 3.27. The van der Waals surface area contributed by atoms with E-state index in [1.54, 1.807) is 13.0 Å². The van der Waals surface area contributed by atoms with E-state index in [9.17, 15) is 4.79 Å². The number of rotatable bonds is 3. The zero-order valence-electron chi connectivity index (χ0n) is 8.33. The lowest BCUT2D eigenvalue weighted by molar-refractivity contribution is -0.112. The number of hydrogen-bond donors (Lipinski definition) is 0. The van der Waals surface area contributed by atoms with Crippen molar-refractivity contribution in [1.29, 1.82) is 0 Å². The molecule has 72 valence electrons. The molecule has 0 atom stereocenters. The van der Waals surface area contributed by atoms with Gasteiger partial charge in [0.05, 0.1) is 0 Å². The predicted molar refractivity (Wildman–Crippen MR) is 55.5 cm³/mol. The molecule has 0 aliphatic heterocycles. The normalized spacial score (nSPS) is 20.1. The molecule has 0 radical (unpaired) electrons. The summed E-state index contributed by atoms with van der Waals surface area (Å²) in [5.74, 6) is 0.874. The van der Waals surface area contributed by atoms with E-state index in [1.165, 1.54) is 32.1 Å². The minimum Gasteiger partial charge on any atom is -0.295 e. The van der Waals surface area contributed by atoms with Crippen LogP contribution in [0.5, 0.6) is 0 Å². The van der Waals surface area contributed by atoms with Crippen molar-refractivity contribution in [3.05, 3.63) is 24.3 Å². The molecule has 0 aromatic carbocycles. The lowest BCUT2D eigenvalue weighted by Gasteiger charge is -2.17. The summed E-state index contributed by atoms with van der Waals surface area (Å²) < 4.78 is 0. The standard InChI is InChI=1S/C12H18O/c1-11(13)7-5-6-10-12-8-3-2-4-9-12/h5-7,10,12H,2-4,8-9H2,1H3/b7-5+,10-6+. The highest BCUT2D eigenvalue weighted by Crippen LogP contribution is 2.24. The smallest absolute Gasteiger partial charge is 0.152 e. The van der Waals surface area contributed by atoms with E-state index in [0.717, 1.165) is 5.92 Å². The first-order chi connectivity index (χ1) is 6.29. The van der Waals surface area contributed by atoms with E-state index in [4.69, 9.17) is 0 Å². The SMILES string of the molecule is CC(=O)/C=C/C=C/C1CCCCC1. The highest BCUT2D eigenvalue weighted by molar-refractivity contribution is 5.87. The first-order valence-electron chi connectivity index (χ1n) is 5.14. The van der Waals surface area contributed by atoms with Crippen LogP contribution in [-0.2, 0) is 4.79 Å². The number of carbonyl (C=O) groups excluding carboxylic acids is 1. The summed E-state index contributed by atoms with van der Waals surface area (Å²) in [4.78, 5) is 10.6. The van der Waals surface area contributed by atoms with E-state index >= 15 is 0 Å². The van der Waals surface area contributed by atoms with Gasteiger partial charge in [-0.25, -0.2) is 0 Å². The molecule has 0 saturated heterocycles. The molecule has 1 rings (SSSR count). The molecular formula is C12H18O. The average Bonchev–Trinajstić information content (AvgIpc) is 2.14. The number of ketones is 1. The van der Waals surface area contributed by atoms with Gasteiger partial charge in [0.25, 0.3) is 0 Å². The number of hydrogen-bond acceptors (Lipinski definition) is 1. The molecule has 1 aliphatic carbocycles. The molecule has 0 heterocycles. The van der Waals surface area contributed by atoms with Gasteiger partial charge in [-0.15, -0.1) is 0 Å². The van der Waals surface area contributed by atoms with Crippen LogP contribution in [0.25, 0.3) is 0 Å². The van der Waals surface area contributed by atoms with Gasteiger partial charge in [0.1, 0.15) is 0 Å². The molecule has 0 N–H and O–H groups in total. The largest absolute Gasteiger partial charge is 0.295 e. The van der Waals surface area contributed by atoms with Gasteiger partial charge in [-0.2, -0.15) is 0 Å². The summed E-state index contributed by atoms with van der Waals surface area (Å²) in [6, 6.07) is 0. The first kappa shape index (κ1) is 10.2. The molecule has 0 bridgehead atoms. The zero-order chi connectivity index (χ0) is 9.52. The van der Waals surface area contributed by atoms with Gasteiger partial charge in [-0.05, 0) is 31.8 Å². The summed E-state index contributed by atoms with van der Waals surface area (Å²) in [5, 5.41) is 0. The number of carbonyl (C=O) groups is 1. The van der Waals surface area contributed by atoms with E-state index in [2.05, 4.69) is 6.08 Å². The van der Waals surface area contributed by atoms with Crippen LogP contribution in [0, 0.1) is 5.92 Å². The van der Waals surface area contributed by atoms with Crippen LogP contribution in [0.15, 0.2) is 24.3 Å². The quantitative estimate of drug-likeness (QED) is 0.479. The first-order valence-corrected chi connectivity index (χ1v) is 5.14. The van der Waals surface area contributed by atoms with Crippen LogP contribution in [0.3, 0.4) is 0 Å². The third kappa shape index (κ3) is 4.66. The third-order valence-corrected chi connectivity index (χ3v) is 2.48. The maximum atomic E-state index is 10.6. The Bertz CT molecular complexity index is 207. The molecule has 1 aliphatic rings.